The van der Waals surface area contributed by atoms with E-state index in [-0.39, 0.29) is 22.6 Å². The molecule has 0 amide bonds. The molecule has 0 saturated heterocycles. The summed E-state index contributed by atoms with van der Waals surface area (Å²) in [6.07, 6.45) is 0.524. The normalized spacial score (nSPS) is 12.5. The molecule has 1 atom stereocenters. The van der Waals surface area contributed by atoms with Gasteiger partial charge in [0.05, 0.1) is 23.0 Å². The van der Waals surface area contributed by atoms with Crippen LogP contribution in [0.15, 0.2) is 23.8 Å². The van der Waals surface area contributed by atoms with E-state index < -0.39 is 29.4 Å². The van der Waals surface area contributed by atoms with E-state index in [9.17, 15) is 24.8 Å². The second-order valence-electron chi connectivity index (χ2n) is 4.86. The lowest BCUT2D eigenvalue weighted by atomic mass is 10.1. The number of rotatable bonds is 7. The number of carbonyl (C=O) groups excluding carboxylic acids is 1. The minimum absolute atomic E-state index is 0.0765. The number of phenolic OH excluding ortho intramolecular Hbond substituents is 1. The number of phenols is 1. The molecule has 0 bridgehead atoms. The maximum atomic E-state index is 12.0. The topological polar surface area (TPSA) is 127 Å². The molecule has 1 unspecified atom stereocenters. The Morgan fingerprint density at radius 1 is 1.43 bits per heavy atom. The summed E-state index contributed by atoms with van der Waals surface area (Å²) in [6, 6.07) is 3.28. The zero-order chi connectivity index (χ0) is 17.6. The van der Waals surface area contributed by atoms with Crippen LogP contribution in [-0.4, -0.2) is 33.2 Å². The Morgan fingerprint density at radius 2 is 2.09 bits per heavy atom. The standard InChI is InChI=1S/C15H17NO7/c1-3-9(2)23-15(20)11(8-14(18)19)6-10-7-12(17)4-5-13(10)16(21)22/h4-7,9,17H,3,8H2,1-2H3,(H,18,19). The summed E-state index contributed by atoms with van der Waals surface area (Å²) in [5.41, 5.74) is -0.680. The highest BCUT2D eigenvalue weighted by Gasteiger charge is 2.20. The van der Waals surface area contributed by atoms with Gasteiger partial charge in [-0.3, -0.25) is 14.9 Å². The van der Waals surface area contributed by atoms with Gasteiger partial charge in [0.15, 0.2) is 0 Å². The molecule has 0 fully saturated rings. The summed E-state index contributed by atoms with van der Waals surface area (Å²) < 4.78 is 5.06. The Bertz CT molecular complexity index is 651. The molecule has 0 aliphatic carbocycles. The first kappa shape index (κ1) is 18.1. The number of carboxylic acids is 1. The summed E-state index contributed by atoms with van der Waals surface area (Å²) in [6.45, 7) is 3.44. The molecule has 0 radical (unpaired) electrons. The number of hydrogen-bond acceptors (Lipinski definition) is 6. The monoisotopic (exact) mass is 323 g/mol. The van der Waals surface area contributed by atoms with Gasteiger partial charge >= 0.3 is 11.9 Å². The van der Waals surface area contributed by atoms with Crippen molar-refractivity contribution in [3.8, 4) is 5.75 Å². The summed E-state index contributed by atoms with van der Waals surface area (Å²) >= 11 is 0. The fourth-order valence-electron chi connectivity index (χ4n) is 1.70. The van der Waals surface area contributed by atoms with Crippen LogP contribution >= 0.6 is 0 Å². The molecule has 1 aromatic carbocycles. The number of benzene rings is 1. The summed E-state index contributed by atoms with van der Waals surface area (Å²) in [4.78, 5) is 33.2. The van der Waals surface area contributed by atoms with Crippen LogP contribution in [0.3, 0.4) is 0 Å². The van der Waals surface area contributed by atoms with Crippen molar-refractivity contribution in [2.45, 2.75) is 32.8 Å². The van der Waals surface area contributed by atoms with Gasteiger partial charge in [-0.15, -0.1) is 0 Å². The molecule has 2 N–H and O–H groups in total. The number of hydrogen-bond donors (Lipinski definition) is 2. The van der Waals surface area contributed by atoms with Crippen LogP contribution in [0.25, 0.3) is 6.08 Å². The first-order valence-corrected chi connectivity index (χ1v) is 6.85. The summed E-state index contributed by atoms with van der Waals surface area (Å²) in [5, 5.41) is 29.3. The first-order chi connectivity index (χ1) is 10.7. The number of nitro benzene ring substituents is 1. The van der Waals surface area contributed by atoms with E-state index in [2.05, 4.69) is 0 Å². The zero-order valence-electron chi connectivity index (χ0n) is 12.7. The molecule has 8 nitrogen and oxygen atoms in total. The van der Waals surface area contributed by atoms with Crippen molar-refractivity contribution in [2.24, 2.45) is 0 Å². The molecule has 0 saturated carbocycles. The number of carbonyl (C=O) groups is 2. The molecule has 0 heterocycles. The number of ether oxygens (including phenoxy) is 1. The van der Waals surface area contributed by atoms with Crippen LogP contribution in [-0.2, 0) is 14.3 Å². The predicted octanol–water partition coefficient (Wildman–Crippen LogP) is 2.50. The molecule has 8 heteroatoms. The van der Waals surface area contributed by atoms with Crippen molar-refractivity contribution in [1.82, 2.24) is 0 Å². The summed E-state index contributed by atoms with van der Waals surface area (Å²) in [5.74, 6) is -2.38. The molecule has 1 aromatic rings. The number of nitro groups is 1. The maximum Gasteiger partial charge on any atom is 0.334 e. The van der Waals surface area contributed by atoms with E-state index in [1.807, 2.05) is 0 Å². The maximum absolute atomic E-state index is 12.0. The van der Waals surface area contributed by atoms with Gasteiger partial charge in [0, 0.05) is 11.6 Å². The van der Waals surface area contributed by atoms with E-state index in [4.69, 9.17) is 9.84 Å². The quantitative estimate of drug-likeness (QED) is 0.341. The Labute approximate surface area is 132 Å². The Hall–Kier alpha value is -2.90. The number of aliphatic carboxylic acids is 1. The van der Waals surface area contributed by atoms with Gasteiger partial charge < -0.3 is 14.9 Å². The average molecular weight is 323 g/mol. The van der Waals surface area contributed by atoms with Crippen LogP contribution in [0, 0.1) is 10.1 Å². The highest BCUT2D eigenvalue weighted by atomic mass is 16.6. The number of aromatic hydroxyl groups is 1. The predicted molar refractivity (Wildman–Crippen MR) is 80.8 cm³/mol. The van der Waals surface area contributed by atoms with Crippen LogP contribution < -0.4 is 0 Å². The van der Waals surface area contributed by atoms with Gasteiger partial charge in [0.25, 0.3) is 5.69 Å². The van der Waals surface area contributed by atoms with E-state index in [0.29, 0.717) is 6.42 Å². The minimum atomic E-state index is -1.28. The van der Waals surface area contributed by atoms with Crippen molar-refractivity contribution < 1.29 is 29.5 Å². The number of carboxylic acid groups (broad SMARTS) is 1. The molecule has 1 rings (SSSR count). The van der Waals surface area contributed by atoms with Crippen LogP contribution in [0.2, 0.25) is 0 Å². The number of nitrogens with zero attached hydrogens (tertiary/aromatic N) is 1. The highest BCUT2D eigenvalue weighted by Crippen LogP contribution is 2.26. The fourth-order valence-corrected chi connectivity index (χ4v) is 1.70. The molecule has 0 aliphatic rings. The van der Waals surface area contributed by atoms with Crippen LogP contribution in [0.1, 0.15) is 32.3 Å². The minimum Gasteiger partial charge on any atom is -0.508 e. The molecule has 0 aromatic heterocycles. The fraction of sp³-hybridized carbons (Fsp3) is 0.333. The molecular weight excluding hydrogens is 306 g/mol. The van der Waals surface area contributed by atoms with Gasteiger partial charge in [0.1, 0.15) is 5.75 Å². The molecular formula is C15H17NO7. The first-order valence-electron chi connectivity index (χ1n) is 6.85. The van der Waals surface area contributed by atoms with Crippen molar-refractivity contribution in [1.29, 1.82) is 0 Å². The largest absolute Gasteiger partial charge is 0.508 e. The van der Waals surface area contributed by atoms with Crippen LogP contribution in [0.4, 0.5) is 5.69 Å². The SMILES string of the molecule is CCC(C)OC(=O)C(=Cc1cc(O)ccc1[N+](=O)[O-])CC(=O)O. The van der Waals surface area contributed by atoms with Crippen molar-refractivity contribution >= 4 is 23.7 Å². The van der Waals surface area contributed by atoms with E-state index >= 15 is 0 Å². The lowest BCUT2D eigenvalue weighted by Gasteiger charge is -2.12. The summed E-state index contributed by atoms with van der Waals surface area (Å²) in [7, 11) is 0. The van der Waals surface area contributed by atoms with Gasteiger partial charge in [-0.25, -0.2) is 4.79 Å². The lowest BCUT2D eigenvalue weighted by molar-refractivity contribution is -0.385. The van der Waals surface area contributed by atoms with Crippen molar-refractivity contribution in [3.63, 3.8) is 0 Å². The molecule has 0 aliphatic heterocycles. The lowest BCUT2D eigenvalue weighted by Crippen LogP contribution is -2.17. The Balaban J connectivity index is 3.28. The zero-order valence-corrected chi connectivity index (χ0v) is 12.7. The third-order valence-electron chi connectivity index (χ3n) is 3.02. The van der Waals surface area contributed by atoms with Gasteiger partial charge in [0.2, 0.25) is 0 Å². The van der Waals surface area contributed by atoms with Crippen LogP contribution in [0.5, 0.6) is 5.75 Å². The molecule has 0 spiro atoms. The molecule has 124 valence electrons. The average Bonchev–Trinajstić information content (AvgIpc) is 2.45. The highest BCUT2D eigenvalue weighted by molar-refractivity contribution is 5.98. The smallest absolute Gasteiger partial charge is 0.334 e. The molecule has 23 heavy (non-hydrogen) atoms. The van der Waals surface area contributed by atoms with E-state index in [0.717, 1.165) is 24.3 Å². The van der Waals surface area contributed by atoms with Gasteiger partial charge in [-0.1, -0.05) is 6.92 Å². The van der Waals surface area contributed by atoms with Gasteiger partial charge in [-0.2, -0.15) is 0 Å². The Morgan fingerprint density at radius 3 is 2.61 bits per heavy atom. The third-order valence-corrected chi connectivity index (χ3v) is 3.02. The van der Waals surface area contributed by atoms with E-state index in [1.165, 1.54) is 0 Å². The second kappa shape index (κ2) is 7.92. The van der Waals surface area contributed by atoms with Gasteiger partial charge in [-0.05, 0) is 31.6 Å². The van der Waals surface area contributed by atoms with Crippen molar-refractivity contribution in [2.75, 3.05) is 0 Å². The Kier molecular flexibility index (Phi) is 6.25. The van der Waals surface area contributed by atoms with E-state index in [1.54, 1.807) is 13.8 Å². The third kappa shape index (κ3) is 5.42. The second-order valence-corrected chi connectivity index (χ2v) is 4.86. The van der Waals surface area contributed by atoms with Crippen molar-refractivity contribution in [3.05, 3.63) is 39.4 Å². The number of esters is 1.